The fourth-order valence-electron chi connectivity index (χ4n) is 3.63. The van der Waals surface area contributed by atoms with Crippen LogP contribution in [0, 0.1) is 34.3 Å². The molecule has 0 saturated carbocycles. The number of rotatable bonds is 8. The number of nitrogens with one attached hydrogen (secondary N) is 2. The maximum absolute atomic E-state index is 14.4. The number of amides is 2. The number of carbonyl (C=O) groups excluding carboxylic acids is 1. The molecule has 4 aromatic carbocycles. The van der Waals surface area contributed by atoms with Crippen molar-refractivity contribution < 1.29 is 23.0 Å². The van der Waals surface area contributed by atoms with E-state index >= 15 is 0 Å². The summed E-state index contributed by atoms with van der Waals surface area (Å²) in [5.74, 6) is -1.23. The molecule has 0 radical (unpaired) electrons. The first-order chi connectivity index (χ1) is 19.3. The molecule has 0 saturated heterocycles. The average Bonchev–Trinajstić information content (AvgIpc) is 2.95. The van der Waals surface area contributed by atoms with Crippen LogP contribution in [0.1, 0.15) is 22.3 Å². The van der Waals surface area contributed by atoms with Crippen molar-refractivity contribution in [3.05, 3.63) is 107 Å². The van der Waals surface area contributed by atoms with E-state index in [1.165, 1.54) is 36.4 Å². The summed E-state index contributed by atoms with van der Waals surface area (Å²) in [6.07, 6.45) is 0. The van der Waals surface area contributed by atoms with Crippen LogP contribution in [0.5, 0.6) is 23.0 Å². The smallest absolute Gasteiger partial charge is 0.323 e. The topological polar surface area (TPSA) is 159 Å². The fraction of sp³-hybridized carbons (Fsp3) is 0.0690. The first-order valence-electron chi connectivity index (χ1n) is 11.8. The normalized spacial score (nSPS) is 10.2. The monoisotopic (exact) mass is 540 g/mol. The highest BCUT2D eigenvalue weighted by Gasteiger charge is 2.14. The molecule has 200 valence electrons. The van der Waals surface area contributed by atoms with Crippen molar-refractivity contribution >= 4 is 17.4 Å². The standard InChI is InChI=1S/C29H22F2N6O3/c30-23-9-17(13-32)1-7-25(23)39-27-11-21(5-3-19(27)15-34)36-29(38)37-22-6-4-20(16-35)28(12-22)40-26-8-2-18(14-33)10-24(26)31/h1-12H,15-16,34-35H2,(H2,36,37,38). The largest absolute Gasteiger partial charge is 0.454 e. The molecule has 0 spiro atoms. The molecule has 0 aliphatic carbocycles. The lowest BCUT2D eigenvalue weighted by Crippen LogP contribution is -2.19. The maximum atomic E-state index is 14.4. The predicted octanol–water partition coefficient (Wildman–Crippen LogP) is 5.85. The van der Waals surface area contributed by atoms with Gasteiger partial charge in [0.25, 0.3) is 0 Å². The van der Waals surface area contributed by atoms with Gasteiger partial charge in [-0.25, -0.2) is 13.6 Å². The van der Waals surface area contributed by atoms with Gasteiger partial charge in [0, 0.05) is 47.7 Å². The van der Waals surface area contributed by atoms with Gasteiger partial charge in [-0.15, -0.1) is 0 Å². The molecule has 0 aromatic heterocycles. The zero-order valence-electron chi connectivity index (χ0n) is 20.9. The lowest BCUT2D eigenvalue weighted by atomic mass is 10.1. The average molecular weight is 541 g/mol. The molecule has 0 aliphatic heterocycles. The summed E-state index contributed by atoms with van der Waals surface area (Å²) in [6.45, 7) is 0.186. The molecule has 0 aliphatic rings. The number of nitrogens with two attached hydrogens (primary N) is 2. The summed E-state index contributed by atoms with van der Waals surface area (Å²) in [7, 11) is 0. The summed E-state index contributed by atoms with van der Waals surface area (Å²) in [5, 5.41) is 23.2. The lowest BCUT2D eigenvalue weighted by molar-refractivity contribution is 0.262. The minimum Gasteiger partial charge on any atom is -0.454 e. The predicted molar refractivity (Wildman–Crippen MR) is 144 cm³/mol. The second kappa shape index (κ2) is 12.4. The van der Waals surface area contributed by atoms with Gasteiger partial charge in [-0.3, -0.25) is 0 Å². The highest BCUT2D eigenvalue weighted by Crippen LogP contribution is 2.32. The molecular weight excluding hydrogens is 518 g/mol. The van der Waals surface area contributed by atoms with Crippen LogP contribution in [0.3, 0.4) is 0 Å². The van der Waals surface area contributed by atoms with Gasteiger partial charge in [0.15, 0.2) is 23.1 Å². The zero-order chi connectivity index (χ0) is 28.6. The number of carbonyl (C=O) groups is 1. The SMILES string of the molecule is N#Cc1ccc(Oc2cc(NC(=O)Nc3ccc(CN)c(Oc4ccc(C#N)cc4F)c3)ccc2CN)c(F)c1. The van der Waals surface area contributed by atoms with E-state index < -0.39 is 17.7 Å². The molecule has 4 rings (SSSR count). The number of nitriles is 2. The van der Waals surface area contributed by atoms with Crippen LogP contribution in [0.4, 0.5) is 25.0 Å². The van der Waals surface area contributed by atoms with Gasteiger partial charge in [0.05, 0.1) is 23.3 Å². The molecule has 0 bridgehead atoms. The van der Waals surface area contributed by atoms with Crippen LogP contribution in [0.2, 0.25) is 0 Å². The third kappa shape index (κ3) is 6.49. The van der Waals surface area contributed by atoms with Gasteiger partial charge in [0.2, 0.25) is 0 Å². The van der Waals surface area contributed by atoms with Crippen LogP contribution >= 0.6 is 0 Å². The summed E-state index contributed by atoms with van der Waals surface area (Å²) in [4.78, 5) is 12.7. The molecule has 40 heavy (non-hydrogen) atoms. The zero-order valence-corrected chi connectivity index (χ0v) is 20.9. The molecule has 6 N–H and O–H groups in total. The Morgan fingerprint density at radius 3 is 1.45 bits per heavy atom. The quantitative estimate of drug-likeness (QED) is 0.218. The fourth-order valence-corrected chi connectivity index (χ4v) is 3.63. The van der Waals surface area contributed by atoms with Crippen LogP contribution < -0.4 is 31.6 Å². The molecule has 4 aromatic rings. The first-order valence-corrected chi connectivity index (χ1v) is 11.8. The van der Waals surface area contributed by atoms with Crippen LogP contribution in [-0.4, -0.2) is 6.03 Å². The number of hydrogen-bond acceptors (Lipinski definition) is 7. The Morgan fingerprint density at radius 1 is 0.675 bits per heavy atom. The lowest BCUT2D eigenvalue weighted by Gasteiger charge is -2.15. The Bertz CT molecular complexity index is 1540. The number of benzene rings is 4. The summed E-state index contributed by atoms with van der Waals surface area (Å²) in [5.41, 5.74) is 13.6. The molecule has 9 nitrogen and oxygen atoms in total. The van der Waals surface area contributed by atoms with E-state index in [4.69, 9.17) is 31.5 Å². The second-order valence-electron chi connectivity index (χ2n) is 8.35. The molecule has 11 heteroatoms. The van der Waals surface area contributed by atoms with E-state index in [0.717, 1.165) is 12.1 Å². The third-order valence-electron chi connectivity index (χ3n) is 5.65. The maximum Gasteiger partial charge on any atom is 0.323 e. The van der Waals surface area contributed by atoms with Gasteiger partial charge in [-0.05, 0) is 48.5 Å². The Labute approximate surface area is 228 Å². The number of anilines is 2. The number of nitrogens with zero attached hydrogens (tertiary/aromatic N) is 2. The Morgan fingerprint density at radius 2 is 1.10 bits per heavy atom. The minimum absolute atomic E-state index is 0.0931. The molecule has 0 fully saturated rings. The van der Waals surface area contributed by atoms with E-state index in [2.05, 4.69) is 10.6 Å². The van der Waals surface area contributed by atoms with Crippen LogP contribution in [-0.2, 0) is 13.1 Å². The Balaban J connectivity index is 1.50. The number of halogens is 2. The van der Waals surface area contributed by atoms with Crippen molar-refractivity contribution in [1.29, 1.82) is 10.5 Å². The van der Waals surface area contributed by atoms with Gasteiger partial charge in [-0.1, -0.05) is 12.1 Å². The molecule has 0 unspecified atom stereocenters. The van der Waals surface area contributed by atoms with Crippen molar-refractivity contribution in [2.24, 2.45) is 11.5 Å². The third-order valence-corrected chi connectivity index (χ3v) is 5.65. The van der Waals surface area contributed by atoms with E-state index in [1.54, 1.807) is 24.3 Å². The van der Waals surface area contributed by atoms with Crippen LogP contribution in [0.25, 0.3) is 0 Å². The van der Waals surface area contributed by atoms with Crippen molar-refractivity contribution in [2.45, 2.75) is 13.1 Å². The highest BCUT2D eigenvalue weighted by atomic mass is 19.1. The number of urea groups is 1. The van der Waals surface area contributed by atoms with Crippen molar-refractivity contribution in [2.75, 3.05) is 10.6 Å². The molecule has 2 amide bonds. The molecular formula is C29H22F2N6O3. The first kappa shape index (κ1) is 27.5. The van der Waals surface area contributed by atoms with Crippen molar-refractivity contribution in [3.63, 3.8) is 0 Å². The highest BCUT2D eigenvalue weighted by molar-refractivity contribution is 6.00. The number of ether oxygens (including phenoxy) is 2. The van der Waals surface area contributed by atoms with Gasteiger partial charge in [-0.2, -0.15) is 10.5 Å². The van der Waals surface area contributed by atoms with Gasteiger partial charge >= 0.3 is 6.03 Å². The van der Waals surface area contributed by atoms with Crippen molar-refractivity contribution in [3.8, 4) is 35.1 Å². The van der Waals surface area contributed by atoms with Gasteiger partial charge in [0.1, 0.15) is 11.5 Å². The van der Waals surface area contributed by atoms with E-state index in [9.17, 15) is 13.6 Å². The molecule has 0 heterocycles. The number of hydrogen-bond donors (Lipinski definition) is 4. The van der Waals surface area contributed by atoms with Crippen LogP contribution in [0.15, 0.2) is 72.8 Å². The summed E-state index contributed by atoms with van der Waals surface area (Å²) in [6, 6.07) is 20.1. The van der Waals surface area contributed by atoms with Gasteiger partial charge < -0.3 is 31.6 Å². The summed E-state index contributed by atoms with van der Waals surface area (Å²) < 4.78 is 40.1. The van der Waals surface area contributed by atoms with E-state index in [-0.39, 0.29) is 47.2 Å². The van der Waals surface area contributed by atoms with Crippen molar-refractivity contribution in [1.82, 2.24) is 0 Å². The van der Waals surface area contributed by atoms with E-state index in [0.29, 0.717) is 22.5 Å². The Hall–Kier alpha value is -5.49. The van der Waals surface area contributed by atoms with E-state index in [1.807, 2.05) is 12.1 Å². The minimum atomic E-state index is -0.724. The molecule has 0 atom stereocenters. The second-order valence-corrected chi connectivity index (χ2v) is 8.35. The summed E-state index contributed by atoms with van der Waals surface area (Å²) >= 11 is 0. The Kier molecular flexibility index (Phi) is 8.52.